The standard InChI is InChI=1S/C15H25NO4/c1-7-8-15(5,6)9-10-11(17)20-12(14(2,3)4)16(10)13(18)19/h7,10,12H,1,8-9H2,2-6H3,(H,18,19)/t10-,12+/m0/s1/i10D. The average Bonchev–Trinajstić information content (AvgIpc) is 2.49. The maximum Gasteiger partial charge on any atom is 0.410 e. The van der Waals surface area contributed by atoms with Crippen LogP contribution in [0.15, 0.2) is 12.7 Å². The first-order chi connectivity index (χ1) is 9.35. The van der Waals surface area contributed by atoms with Crippen LogP contribution in [0.1, 0.15) is 48.8 Å². The molecule has 0 aliphatic carbocycles. The van der Waals surface area contributed by atoms with Gasteiger partial charge in [0.2, 0.25) is 0 Å². The number of ether oxygens (including phenoxy) is 1. The van der Waals surface area contributed by atoms with Gasteiger partial charge in [-0.15, -0.1) is 6.58 Å². The lowest BCUT2D eigenvalue weighted by Crippen LogP contribution is -2.48. The Kier molecular flexibility index (Phi) is 4.06. The average molecular weight is 284 g/mol. The molecule has 0 unspecified atom stereocenters. The molecule has 1 fully saturated rings. The second-order valence-electron chi connectivity index (χ2n) is 7.06. The molecule has 0 aromatic rings. The van der Waals surface area contributed by atoms with Gasteiger partial charge >= 0.3 is 12.1 Å². The van der Waals surface area contributed by atoms with Crippen molar-refractivity contribution < 1.29 is 20.8 Å². The van der Waals surface area contributed by atoms with E-state index in [1.54, 1.807) is 26.8 Å². The molecule has 20 heavy (non-hydrogen) atoms. The Morgan fingerprint density at radius 1 is 1.50 bits per heavy atom. The van der Waals surface area contributed by atoms with Gasteiger partial charge in [-0.25, -0.2) is 9.59 Å². The van der Waals surface area contributed by atoms with Crippen LogP contribution < -0.4 is 0 Å². The van der Waals surface area contributed by atoms with Crippen LogP contribution in [0.2, 0.25) is 0 Å². The molecule has 5 heteroatoms. The number of esters is 1. The number of cyclic esters (lactones) is 1. The molecule has 2 atom stereocenters. The lowest BCUT2D eigenvalue weighted by atomic mass is 9.82. The largest absolute Gasteiger partial charge is 0.465 e. The molecule has 114 valence electrons. The highest BCUT2D eigenvalue weighted by atomic mass is 16.6. The van der Waals surface area contributed by atoms with E-state index in [9.17, 15) is 14.7 Å². The Labute approximate surface area is 122 Å². The quantitative estimate of drug-likeness (QED) is 0.635. The third-order valence-corrected chi connectivity index (χ3v) is 3.27. The van der Waals surface area contributed by atoms with Crippen molar-refractivity contribution in [2.75, 3.05) is 0 Å². The maximum absolute atomic E-state index is 12.2. The fraction of sp³-hybridized carbons (Fsp3) is 0.733. The molecule has 0 radical (unpaired) electrons. The third kappa shape index (κ3) is 3.52. The number of hydrogen-bond acceptors (Lipinski definition) is 3. The van der Waals surface area contributed by atoms with Crippen LogP contribution in [0, 0.1) is 10.8 Å². The predicted molar refractivity (Wildman–Crippen MR) is 76.2 cm³/mol. The molecular weight excluding hydrogens is 258 g/mol. The molecule has 0 spiro atoms. The first kappa shape index (κ1) is 14.9. The molecule has 1 saturated heterocycles. The van der Waals surface area contributed by atoms with Crippen LogP contribution in [0.25, 0.3) is 0 Å². The summed E-state index contributed by atoms with van der Waals surface area (Å²) in [5.74, 6) is -0.804. The summed E-state index contributed by atoms with van der Waals surface area (Å²) in [7, 11) is 0. The molecule has 1 N–H and O–H groups in total. The minimum absolute atomic E-state index is 0.0593. The number of carboxylic acid groups (broad SMARTS) is 1. The van der Waals surface area contributed by atoms with Crippen LogP contribution in [0.5, 0.6) is 0 Å². The van der Waals surface area contributed by atoms with Gasteiger partial charge in [0.15, 0.2) is 6.23 Å². The molecule has 5 nitrogen and oxygen atoms in total. The van der Waals surface area contributed by atoms with E-state index < -0.39 is 35.1 Å². The molecule has 0 bridgehead atoms. The molecule has 1 rings (SSSR count). The fourth-order valence-electron chi connectivity index (χ4n) is 2.32. The van der Waals surface area contributed by atoms with Gasteiger partial charge in [-0.2, -0.15) is 0 Å². The van der Waals surface area contributed by atoms with Crippen molar-refractivity contribution in [3.8, 4) is 0 Å². The van der Waals surface area contributed by atoms with E-state index in [0.717, 1.165) is 4.90 Å². The van der Waals surface area contributed by atoms with E-state index in [0.29, 0.717) is 6.42 Å². The van der Waals surface area contributed by atoms with Crippen LogP contribution >= 0.6 is 0 Å². The SMILES string of the molecule is [2H][C@]1(CC(C)(C)CC=C)C(=O)O[C@H](C(C)(C)C)N1C(=O)O. The van der Waals surface area contributed by atoms with Crippen molar-refractivity contribution in [1.29, 1.82) is 0 Å². The lowest BCUT2D eigenvalue weighted by Gasteiger charge is -2.34. The molecule has 1 heterocycles. The highest BCUT2D eigenvalue weighted by Gasteiger charge is 2.51. The van der Waals surface area contributed by atoms with Crippen molar-refractivity contribution in [3.63, 3.8) is 0 Å². The number of nitrogens with zero attached hydrogens (tertiary/aromatic N) is 1. The summed E-state index contributed by atoms with van der Waals surface area (Å²) in [5, 5.41) is 9.48. The van der Waals surface area contributed by atoms with Gasteiger partial charge < -0.3 is 9.84 Å². The van der Waals surface area contributed by atoms with Gasteiger partial charge in [-0.1, -0.05) is 40.7 Å². The van der Waals surface area contributed by atoms with Crippen LogP contribution in [0.4, 0.5) is 4.79 Å². The Balaban J connectivity index is 3.22. The highest BCUT2D eigenvalue weighted by molar-refractivity contribution is 5.84. The van der Waals surface area contributed by atoms with Gasteiger partial charge in [0.25, 0.3) is 0 Å². The van der Waals surface area contributed by atoms with Gasteiger partial charge in [0.1, 0.15) is 6.02 Å². The second kappa shape index (κ2) is 5.46. The topological polar surface area (TPSA) is 66.8 Å². The predicted octanol–water partition coefficient (Wildman–Crippen LogP) is 3.26. The first-order valence-electron chi connectivity index (χ1n) is 7.19. The normalized spacial score (nSPS) is 28.1. The summed E-state index contributed by atoms with van der Waals surface area (Å²) in [6, 6.07) is -1.92. The summed E-state index contributed by atoms with van der Waals surface area (Å²) >= 11 is 0. The first-order valence-corrected chi connectivity index (χ1v) is 6.69. The summed E-state index contributed by atoms with van der Waals surface area (Å²) in [6.45, 7) is 12.8. The Hall–Kier alpha value is -1.52. The zero-order chi connectivity index (χ0) is 16.6. The summed E-state index contributed by atoms with van der Waals surface area (Å²) in [6.07, 6.45) is 0.0681. The number of carbonyl (C=O) groups excluding carboxylic acids is 1. The number of allylic oxidation sites excluding steroid dienone is 1. The Morgan fingerprint density at radius 3 is 2.45 bits per heavy atom. The van der Waals surface area contributed by atoms with Gasteiger partial charge in [0.05, 0.1) is 1.37 Å². The van der Waals surface area contributed by atoms with Crippen LogP contribution in [-0.4, -0.2) is 34.3 Å². The fourth-order valence-corrected chi connectivity index (χ4v) is 2.32. The zero-order valence-electron chi connectivity index (χ0n) is 13.9. The minimum Gasteiger partial charge on any atom is -0.465 e. The number of carbonyl (C=O) groups is 2. The van der Waals surface area contributed by atoms with Crippen molar-refractivity contribution in [2.24, 2.45) is 10.8 Å². The molecule has 0 aromatic carbocycles. The summed E-state index contributed by atoms with van der Waals surface area (Å²) < 4.78 is 13.7. The monoisotopic (exact) mass is 284 g/mol. The minimum atomic E-state index is -1.92. The van der Waals surface area contributed by atoms with Crippen LogP contribution in [0.3, 0.4) is 0 Å². The van der Waals surface area contributed by atoms with Crippen molar-refractivity contribution in [1.82, 2.24) is 4.90 Å². The molecule has 1 aliphatic heterocycles. The highest BCUT2D eigenvalue weighted by Crippen LogP contribution is 2.38. The molecule has 1 aliphatic rings. The van der Waals surface area contributed by atoms with Crippen molar-refractivity contribution in [3.05, 3.63) is 12.7 Å². The maximum atomic E-state index is 12.2. The molecular formula is C15H25NO4. The van der Waals surface area contributed by atoms with E-state index in [4.69, 9.17) is 6.11 Å². The Morgan fingerprint density at radius 2 is 2.05 bits per heavy atom. The second-order valence-corrected chi connectivity index (χ2v) is 7.06. The number of hydrogen-bond donors (Lipinski definition) is 1. The number of rotatable bonds is 4. The van der Waals surface area contributed by atoms with Crippen LogP contribution in [-0.2, 0) is 9.53 Å². The smallest absolute Gasteiger partial charge is 0.410 e. The van der Waals surface area contributed by atoms with Gasteiger partial charge in [0, 0.05) is 5.41 Å². The third-order valence-electron chi connectivity index (χ3n) is 3.27. The van der Waals surface area contributed by atoms with Crippen molar-refractivity contribution >= 4 is 12.1 Å². The van der Waals surface area contributed by atoms with E-state index in [2.05, 4.69) is 6.58 Å². The van der Waals surface area contributed by atoms with Crippen molar-refractivity contribution in [2.45, 2.75) is 59.7 Å². The van der Waals surface area contributed by atoms with Gasteiger partial charge in [-0.3, -0.25) is 4.90 Å². The lowest BCUT2D eigenvalue weighted by molar-refractivity contribution is -0.147. The Bertz CT molecular complexity index is 455. The van der Waals surface area contributed by atoms with E-state index in [1.165, 1.54) is 0 Å². The number of amides is 1. The van der Waals surface area contributed by atoms with Gasteiger partial charge in [-0.05, 0) is 18.3 Å². The molecule has 0 aromatic heterocycles. The molecule has 1 amide bonds. The van der Waals surface area contributed by atoms with E-state index >= 15 is 0 Å². The van der Waals surface area contributed by atoms with E-state index in [-0.39, 0.29) is 6.42 Å². The zero-order valence-corrected chi connectivity index (χ0v) is 12.9. The van der Waals surface area contributed by atoms with E-state index in [1.807, 2.05) is 13.8 Å². The molecule has 0 saturated carbocycles. The summed E-state index contributed by atoms with van der Waals surface area (Å²) in [4.78, 5) is 24.7. The summed E-state index contributed by atoms with van der Waals surface area (Å²) in [5.41, 5.74) is -1.03.